The first kappa shape index (κ1) is 11.2. The van der Waals surface area contributed by atoms with Crippen LogP contribution in [0.15, 0.2) is 41.0 Å². The normalized spacial score (nSPS) is 11.0. The van der Waals surface area contributed by atoms with Crippen LogP contribution in [0.3, 0.4) is 0 Å². The Balaban J connectivity index is 2.22. The third-order valence-electron chi connectivity index (χ3n) is 2.67. The highest BCUT2D eigenvalue weighted by Crippen LogP contribution is 2.23. The van der Waals surface area contributed by atoms with E-state index in [9.17, 15) is 0 Å². The lowest BCUT2D eigenvalue weighted by atomic mass is 10.2. The fraction of sp³-hybridized carbons (Fsp3) is 0.0769. The van der Waals surface area contributed by atoms with Gasteiger partial charge in [0, 0.05) is 17.4 Å². The van der Waals surface area contributed by atoms with Crippen LogP contribution in [0.25, 0.3) is 17.0 Å². The number of aryl methyl sites for hydroxylation is 1. The average molecular weight is 303 g/mol. The topological polar surface area (TPSA) is 56.2 Å². The van der Waals surface area contributed by atoms with Crippen LogP contribution in [0.2, 0.25) is 0 Å². The number of fused-ring (bicyclic) bond motifs is 1. The van der Waals surface area contributed by atoms with E-state index < -0.39 is 0 Å². The van der Waals surface area contributed by atoms with Crippen molar-refractivity contribution in [1.82, 2.24) is 14.6 Å². The largest absolute Gasteiger partial charge is 0.399 e. The number of anilines is 1. The molecule has 1 aromatic carbocycles. The molecule has 2 N–H and O–H groups in total. The van der Waals surface area contributed by atoms with E-state index in [-0.39, 0.29) is 0 Å². The lowest BCUT2D eigenvalue weighted by Gasteiger charge is -1.96. The van der Waals surface area contributed by atoms with Gasteiger partial charge in [-0.1, -0.05) is 12.1 Å². The molecule has 0 atom stereocenters. The Morgan fingerprint density at radius 1 is 1.28 bits per heavy atom. The number of rotatable bonds is 1. The van der Waals surface area contributed by atoms with Gasteiger partial charge < -0.3 is 5.73 Å². The molecule has 0 fully saturated rings. The van der Waals surface area contributed by atoms with Gasteiger partial charge in [0.25, 0.3) is 0 Å². The van der Waals surface area contributed by atoms with E-state index in [2.05, 4.69) is 26.0 Å². The van der Waals surface area contributed by atoms with Crippen molar-refractivity contribution in [2.24, 2.45) is 0 Å². The van der Waals surface area contributed by atoms with Crippen molar-refractivity contribution in [3.05, 3.63) is 46.6 Å². The van der Waals surface area contributed by atoms with E-state index >= 15 is 0 Å². The molecule has 0 saturated carbocycles. The summed E-state index contributed by atoms with van der Waals surface area (Å²) in [5, 5.41) is 4.47. The third-order valence-corrected chi connectivity index (χ3v) is 3.25. The van der Waals surface area contributed by atoms with Gasteiger partial charge in [-0.2, -0.15) is 0 Å². The summed E-state index contributed by atoms with van der Waals surface area (Å²) in [5.41, 5.74) is 9.33. The smallest absolute Gasteiger partial charge is 0.182 e. The van der Waals surface area contributed by atoms with E-state index in [0.29, 0.717) is 11.5 Å². The van der Waals surface area contributed by atoms with Crippen molar-refractivity contribution in [3.63, 3.8) is 0 Å². The maximum Gasteiger partial charge on any atom is 0.182 e. The van der Waals surface area contributed by atoms with Crippen molar-refractivity contribution in [2.45, 2.75) is 6.92 Å². The van der Waals surface area contributed by atoms with Crippen molar-refractivity contribution >= 4 is 27.3 Å². The fourth-order valence-electron chi connectivity index (χ4n) is 1.87. The Bertz CT molecular complexity index is 733. The molecule has 0 unspecified atom stereocenters. The Morgan fingerprint density at radius 3 is 2.89 bits per heavy atom. The highest BCUT2D eigenvalue weighted by molar-refractivity contribution is 9.10. The van der Waals surface area contributed by atoms with Gasteiger partial charge in [0.2, 0.25) is 0 Å². The molecule has 3 rings (SSSR count). The maximum absolute atomic E-state index is 5.77. The Kier molecular flexibility index (Phi) is 2.56. The summed E-state index contributed by atoms with van der Waals surface area (Å²) >= 11 is 3.50. The van der Waals surface area contributed by atoms with Crippen LogP contribution >= 0.6 is 15.9 Å². The SMILES string of the molecule is Cc1cc(Br)c2nc(-c3cccc(N)c3)nn2c1. The van der Waals surface area contributed by atoms with Gasteiger partial charge >= 0.3 is 0 Å². The van der Waals surface area contributed by atoms with Crippen LogP contribution in [-0.4, -0.2) is 14.6 Å². The van der Waals surface area contributed by atoms with Gasteiger partial charge in [0.1, 0.15) is 0 Å². The van der Waals surface area contributed by atoms with Gasteiger partial charge in [-0.25, -0.2) is 9.50 Å². The summed E-state index contributed by atoms with van der Waals surface area (Å²) in [4.78, 5) is 4.51. The molecular weight excluding hydrogens is 292 g/mol. The molecule has 3 aromatic rings. The second-order valence-corrected chi connectivity index (χ2v) is 5.05. The van der Waals surface area contributed by atoms with E-state index in [1.54, 1.807) is 4.52 Å². The van der Waals surface area contributed by atoms with Crippen LogP contribution in [0.5, 0.6) is 0 Å². The number of hydrogen-bond donors (Lipinski definition) is 1. The number of hydrogen-bond acceptors (Lipinski definition) is 3. The molecule has 2 heterocycles. The predicted octanol–water partition coefficient (Wildman–Crippen LogP) is 3.05. The molecule has 0 spiro atoms. The summed E-state index contributed by atoms with van der Waals surface area (Å²) < 4.78 is 2.71. The van der Waals surface area contributed by atoms with E-state index in [1.165, 1.54) is 0 Å². The van der Waals surface area contributed by atoms with Gasteiger partial charge in [-0.3, -0.25) is 0 Å². The monoisotopic (exact) mass is 302 g/mol. The van der Waals surface area contributed by atoms with Crippen LogP contribution in [0, 0.1) is 6.92 Å². The maximum atomic E-state index is 5.77. The number of nitrogens with two attached hydrogens (primary N) is 1. The minimum atomic E-state index is 0.675. The third kappa shape index (κ3) is 1.86. The van der Waals surface area contributed by atoms with Crippen LogP contribution in [-0.2, 0) is 0 Å². The van der Waals surface area contributed by atoms with Crippen molar-refractivity contribution in [3.8, 4) is 11.4 Å². The first-order valence-electron chi connectivity index (χ1n) is 5.52. The van der Waals surface area contributed by atoms with Gasteiger partial charge in [0.15, 0.2) is 11.5 Å². The fourth-order valence-corrected chi connectivity index (χ4v) is 2.50. The first-order chi connectivity index (χ1) is 8.63. The minimum absolute atomic E-state index is 0.675. The Hall–Kier alpha value is -1.88. The van der Waals surface area contributed by atoms with Crippen LogP contribution < -0.4 is 5.73 Å². The number of nitrogens with zero attached hydrogens (tertiary/aromatic N) is 3. The average Bonchev–Trinajstić information content (AvgIpc) is 2.73. The second kappa shape index (κ2) is 4.10. The summed E-state index contributed by atoms with van der Waals surface area (Å²) in [5.74, 6) is 0.675. The van der Waals surface area contributed by atoms with E-state index in [1.807, 2.05) is 43.5 Å². The van der Waals surface area contributed by atoms with Crippen LogP contribution in [0.1, 0.15) is 5.56 Å². The minimum Gasteiger partial charge on any atom is -0.399 e. The molecular formula is C13H11BrN4. The lowest BCUT2D eigenvalue weighted by molar-refractivity contribution is 0.953. The zero-order valence-corrected chi connectivity index (χ0v) is 11.3. The van der Waals surface area contributed by atoms with Gasteiger partial charge in [-0.15, -0.1) is 5.10 Å². The molecule has 0 aliphatic rings. The lowest BCUT2D eigenvalue weighted by Crippen LogP contribution is -1.89. The summed E-state index contributed by atoms with van der Waals surface area (Å²) in [7, 11) is 0. The van der Waals surface area contributed by atoms with E-state index in [0.717, 1.165) is 21.2 Å². The number of pyridine rings is 1. The molecule has 0 amide bonds. The number of benzene rings is 1. The summed E-state index contributed by atoms with van der Waals surface area (Å²) in [6.45, 7) is 2.02. The van der Waals surface area contributed by atoms with Crippen molar-refractivity contribution in [2.75, 3.05) is 5.73 Å². The molecule has 5 heteroatoms. The number of nitrogen functional groups attached to an aromatic ring is 1. The quantitative estimate of drug-likeness (QED) is 0.703. The molecule has 0 bridgehead atoms. The highest BCUT2D eigenvalue weighted by Gasteiger charge is 2.09. The molecule has 0 aliphatic carbocycles. The summed E-state index contributed by atoms with van der Waals surface area (Å²) in [6, 6.07) is 9.59. The first-order valence-corrected chi connectivity index (χ1v) is 6.31. The summed E-state index contributed by atoms with van der Waals surface area (Å²) in [6.07, 6.45) is 1.95. The van der Waals surface area contributed by atoms with Crippen molar-refractivity contribution < 1.29 is 0 Å². The van der Waals surface area contributed by atoms with Gasteiger partial charge in [-0.05, 0) is 46.6 Å². The number of halogens is 1. The molecule has 0 radical (unpaired) electrons. The number of aromatic nitrogens is 3. The van der Waals surface area contributed by atoms with Gasteiger partial charge in [0.05, 0.1) is 4.47 Å². The molecule has 18 heavy (non-hydrogen) atoms. The molecule has 0 saturated heterocycles. The molecule has 4 nitrogen and oxygen atoms in total. The molecule has 90 valence electrons. The Morgan fingerprint density at radius 2 is 2.11 bits per heavy atom. The second-order valence-electron chi connectivity index (χ2n) is 4.19. The Labute approximate surface area is 113 Å². The highest BCUT2D eigenvalue weighted by atomic mass is 79.9. The zero-order valence-electron chi connectivity index (χ0n) is 9.76. The standard InChI is InChI=1S/C13H11BrN4/c1-8-5-11(14)13-16-12(17-18(13)7-8)9-3-2-4-10(15)6-9/h2-7H,15H2,1H3. The van der Waals surface area contributed by atoms with Crippen molar-refractivity contribution in [1.29, 1.82) is 0 Å². The van der Waals surface area contributed by atoms with E-state index in [4.69, 9.17) is 5.73 Å². The van der Waals surface area contributed by atoms with Crippen LogP contribution in [0.4, 0.5) is 5.69 Å². The molecule has 2 aromatic heterocycles. The molecule has 0 aliphatic heterocycles. The zero-order chi connectivity index (χ0) is 12.7. The predicted molar refractivity (Wildman–Crippen MR) is 75.3 cm³/mol.